The van der Waals surface area contributed by atoms with Gasteiger partial charge in [0.1, 0.15) is 11.9 Å². The summed E-state index contributed by atoms with van der Waals surface area (Å²) >= 11 is 1.70. The summed E-state index contributed by atoms with van der Waals surface area (Å²) in [5.74, 6) is 0.852. The first-order valence-corrected chi connectivity index (χ1v) is 5.69. The molecular formula is C12H13NOS. The smallest absolute Gasteiger partial charge is 0.130 e. The van der Waals surface area contributed by atoms with E-state index < -0.39 is 0 Å². The average Bonchev–Trinajstić information content (AvgIpc) is 2.74. The van der Waals surface area contributed by atoms with Crippen molar-refractivity contribution in [2.75, 3.05) is 5.73 Å². The summed E-state index contributed by atoms with van der Waals surface area (Å²) in [5.41, 5.74) is 6.35. The third kappa shape index (κ3) is 2.50. The van der Waals surface area contributed by atoms with Crippen molar-refractivity contribution in [3.05, 3.63) is 46.7 Å². The second kappa shape index (κ2) is 4.36. The molecule has 15 heavy (non-hydrogen) atoms. The van der Waals surface area contributed by atoms with E-state index in [1.54, 1.807) is 11.3 Å². The van der Waals surface area contributed by atoms with Crippen LogP contribution in [0.1, 0.15) is 17.9 Å². The number of ether oxygens (including phenoxy) is 1. The lowest BCUT2D eigenvalue weighted by molar-refractivity contribution is 0.231. The fourth-order valence-corrected chi connectivity index (χ4v) is 2.04. The van der Waals surface area contributed by atoms with Crippen LogP contribution in [0.4, 0.5) is 5.69 Å². The number of rotatable bonds is 3. The fraction of sp³-hybridized carbons (Fsp3) is 0.167. The Kier molecular flexibility index (Phi) is 2.92. The van der Waals surface area contributed by atoms with Crippen LogP contribution in [0.15, 0.2) is 41.8 Å². The minimum Gasteiger partial charge on any atom is -0.485 e. The molecule has 1 atom stereocenters. The monoisotopic (exact) mass is 219 g/mol. The second-order valence-corrected chi connectivity index (χ2v) is 4.32. The van der Waals surface area contributed by atoms with Gasteiger partial charge in [-0.3, -0.25) is 0 Å². The summed E-state index contributed by atoms with van der Waals surface area (Å²) in [7, 11) is 0. The normalized spacial score (nSPS) is 12.3. The lowest BCUT2D eigenvalue weighted by Gasteiger charge is -2.12. The van der Waals surface area contributed by atoms with Crippen LogP contribution >= 0.6 is 11.3 Å². The Morgan fingerprint density at radius 3 is 2.53 bits per heavy atom. The third-order valence-corrected chi connectivity index (χ3v) is 3.17. The molecule has 0 aliphatic carbocycles. The van der Waals surface area contributed by atoms with Crippen LogP contribution in [0, 0.1) is 0 Å². The molecule has 0 saturated carbocycles. The predicted octanol–water partition coefficient (Wildman–Crippen LogP) is 3.47. The van der Waals surface area contributed by atoms with Gasteiger partial charge in [-0.05, 0) is 42.6 Å². The van der Waals surface area contributed by atoms with Gasteiger partial charge in [0.2, 0.25) is 0 Å². The van der Waals surface area contributed by atoms with Gasteiger partial charge in [0.25, 0.3) is 0 Å². The Balaban J connectivity index is 2.06. The number of hydrogen-bond acceptors (Lipinski definition) is 3. The zero-order chi connectivity index (χ0) is 10.7. The minimum atomic E-state index is 0.0913. The molecule has 2 N–H and O–H groups in total. The maximum Gasteiger partial charge on any atom is 0.130 e. The van der Waals surface area contributed by atoms with Crippen molar-refractivity contribution >= 4 is 17.0 Å². The summed E-state index contributed by atoms with van der Waals surface area (Å²) < 4.78 is 5.77. The van der Waals surface area contributed by atoms with E-state index in [1.807, 2.05) is 37.3 Å². The highest BCUT2D eigenvalue weighted by Gasteiger charge is 2.07. The van der Waals surface area contributed by atoms with Crippen LogP contribution in [0.2, 0.25) is 0 Å². The molecule has 0 saturated heterocycles. The molecule has 1 aromatic heterocycles. The first kappa shape index (κ1) is 10.1. The highest BCUT2D eigenvalue weighted by Crippen LogP contribution is 2.25. The molecule has 1 aromatic carbocycles. The molecule has 2 nitrogen and oxygen atoms in total. The van der Waals surface area contributed by atoms with Crippen LogP contribution in [0.3, 0.4) is 0 Å². The number of nitrogens with two attached hydrogens (primary N) is 1. The standard InChI is InChI=1S/C12H13NOS/c1-9(12-3-2-8-15-12)14-11-6-4-10(13)5-7-11/h2-9H,13H2,1H3. The molecule has 2 rings (SSSR count). The maximum absolute atomic E-state index is 5.77. The van der Waals surface area contributed by atoms with Crippen molar-refractivity contribution in [1.82, 2.24) is 0 Å². The molecule has 3 heteroatoms. The Morgan fingerprint density at radius 1 is 1.20 bits per heavy atom. The summed E-state index contributed by atoms with van der Waals surface area (Å²) in [4.78, 5) is 1.23. The number of thiophene rings is 1. The molecular weight excluding hydrogens is 206 g/mol. The molecule has 0 amide bonds. The molecule has 1 heterocycles. The van der Waals surface area contributed by atoms with Crippen LogP contribution in [0.25, 0.3) is 0 Å². The lowest BCUT2D eigenvalue weighted by Crippen LogP contribution is -2.00. The predicted molar refractivity (Wildman–Crippen MR) is 64.2 cm³/mol. The van der Waals surface area contributed by atoms with Crippen molar-refractivity contribution in [2.45, 2.75) is 13.0 Å². The summed E-state index contributed by atoms with van der Waals surface area (Å²) in [6.07, 6.45) is 0.0913. The third-order valence-electron chi connectivity index (χ3n) is 2.14. The van der Waals surface area contributed by atoms with Gasteiger partial charge in [0, 0.05) is 10.6 Å². The van der Waals surface area contributed by atoms with E-state index in [0.29, 0.717) is 0 Å². The minimum absolute atomic E-state index is 0.0913. The van der Waals surface area contributed by atoms with Crippen molar-refractivity contribution in [1.29, 1.82) is 0 Å². The van der Waals surface area contributed by atoms with E-state index in [4.69, 9.17) is 10.5 Å². The molecule has 0 fully saturated rings. The number of nitrogen functional groups attached to an aromatic ring is 1. The highest BCUT2D eigenvalue weighted by molar-refractivity contribution is 7.10. The van der Waals surface area contributed by atoms with E-state index in [2.05, 4.69) is 11.4 Å². The molecule has 0 spiro atoms. The SMILES string of the molecule is CC(Oc1ccc(N)cc1)c1cccs1. The average molecular weight is 219 g/mol. The Bertz CT molecular complexity index is 408. The topological polar surface area (TPSA) is 35.2 Å². The van der Waals surface area contributed by atoms with Gasteiger partial charge in [-0.15, -0.1) is 11.3 Å². The van der Waals surface area contributed by atoms with Gasteiger partial charge in [-0.25, -0.2) is 0 Å². The molecule has 2 aromatic rings. The van der Waals surface area contributed by atoms with Gasteiger partial charge in [-0.2, -0.15) is 0 Å². The van der Waals surface area contributed by atoms with E-state index in [9.17, 15) is 0 Å². The summed E-state index contributed by atoms with van der Waals surface area (Å²) in [6.45, 7) is 2.04. The first-order valence-electron chi connectivity index (χ1n) is 4.81. The Hall–Kier alpha value is -1.48. The van der Waals surface area contributed by atoms with Crippen molar-refractivity contribution < 1.29 is 4.74 Å². The molecule has 0 aliphatic heterocycles. The molecule has 0 radical (unpaired) electrons. The zero-order valence-electron chi connectivity index (χ0n) is 8.51. The van der Waals surface area contributed by atoms with E-state index in [1.165, 1.54) is 4.88 Å². The fourth-order valence-electron chi connectivity index (χ4n) is 1.33. The van der Waals surface area contributed by atoms with Crippen LogP contribution in [-0.2, 0) is 0 Å². The van der Waals surface area contributed by atoms with E-state index in [0.717, 1.165) is 11.4 Å². The quantitative estimate of drug-likeness (QED) is 0.802. The van der Waals surface area contributed by atoms with E-state index in [-0.39, 0.29) is 6.10 Å². The number of anilines is 1. The van der Waals surface area contributed by atoms with Gasteiger partial charge >= 0.3 is 0 Å². The maximum atomic E-state index is 5.77. The van der Waals surface area contributed by atoms with E-state index >= 15 is 0 Å². The second-order valence-electron chi connectivity index (χ2n) is 3.34. The summed E-state index contributed by atoms with van der Waals surface area (Å²) in [6, 6.07) is 11.6. The van der Waals surface area contributed by atoms with Crippen molar-refractivity contribution in [3.8, 4) is 5.75 Å². The largest absolute Gasteiger partial charge is 0.485 e. The van der Waals surface area contributed by atoms with Crippen LogP contribution < -0.4 is 10.5 Å². The van der Waals surface area contributed by atoms with Crippen LogP contribution in [0.5, 0.6) is 5.75 Å². The molecule has 0 bridgehead atoms. The molecule has 0 aliphatic rings. The van der Waals surface area contributed by atoms with Gasteiger partial charge in [0.05, 0.1) is 0 Å². The van der Waals surface area contributed by atoms with Crippen LogP contribution in [-0.4, -0.2) is 0 Å². The Morgan fingerprint density at radius 2 is 1.93 bits per heavy atom. The van der Waals surface area contributed by atoms with Crippen molar-refractivity contribution in [2.24, 2.45) is 0 Å². The molecule has 78 valence electrons. The summed E-state index contributed by atoms with van der Waals surface area (Å²) in [5, 5.41) is 2.05. The van der Waals surface area contributed by atoms with Gasteiger partial charge in [-0.1, -0.05) is 6.07 Å². The number of benzene rings is 1. The Labute approximate surface area is 93.3 Å². The first-order chi connectivity index (χ1) is 7.25. The lowest BCUT2D eigenvalue weighted by atomic mass is 10.3. The molecule has 1 unspecified atom stereocenters. The number of hydrogen-bond donors (Lipinski definition) is 1. The zero-order valence-corrected chi connectivity index (χ0v) is 9.33. The van der Waals surface area contributed by atoms with Gasteiger partial charge < -0.3 is 10.5 Å². The van der Waals surface area contributed by atoms with Crippen molar-refractivity contribution in [3.63, 3.8) is 0 Å². The van der Waals surface area contributed by atoms with Gasteiger partial charge in [0.15, 0.2) is 0 Å². The highest BCUT2D eigenvalue weighted by atomic mass is 32.1.